The van der Waals surface area contributed by atoms with Gasteiger partial charge < -0.3 is 15.1 Å². The van der Waals surface area contributed by atoms with E-state index in [2.05, 4.69) is 0 Å². The highest BCUT2D eigenvalue weighted by Gasteiger charge is 2.28. The molecule has 4 nitrogen and oxygen atoms in total. The summed E-state index contributed by atoms with van der Waals surface area (Å²) in [7, 11) is 0. The number of piperidine rings is 1. The molecular formula is C15H21NO3. The molecule has 0 spiro atoms. The number of hydrogen-bond acceptors (Lipinski definition) is 3. The van der Waals surface area contributed by atoms with Gasteiger partial charge in [0.25, 0.3) is 0 Å². The van der Waals surface area contributed by atoms with Crippen molar-refractivity contribution in [2.24, 2.45) is 5.92 Å². The van der Waals surface area contributed by atoms with E-state index in [0.29, 0.717) is 13.1 Å². The van der Waals surface area contributed by atoms with Crippen LogP contribution in [0.4, 0.5) is 0 Å². The molecule has 104 valence electrons. The van der Waals surface area contributed by atoms with Crippen molar-refractivity contribution in [1.82, 2.24) is 4.90 Å². The first-order chi connectivity index (χ1) is 9.08. The van der Waals surface area contributed by atoms with Gasteiger partial charge in [0.1, 0.15) is 0 Å². The number of carbonyl (C=O) groups excluding carboxylic acids is 1. The minimum atomic E-state index is -0.773. The summed E-state index contributed by atoms with van der Waals surface area (Å²) in [6, 6.07) is 9.18. The molecule has 1 saturated heterocycles. The first-order valence-electron chi connectivity index (χ1n) is 6.76. The van der Waals surface area contributed by atoms with E-state index in [4.69, 9.17) is 0 Å². The van der Waals surface area contributed by atoms with Crippen LogP contribution >= 0.6 is 0 Å². The minimum Gasteiger partial charge on any atom is -0.391 e. The average Bonchev–Trinajstić information content (AvgIpc) is 2.42. The Balaban J connectivity index is 1.91. The molecule has 0 bridgehead atoms. The van der Waals surface area contributed by atoms with Gasteiger partial charge >= 0.3 is 0 Å². The van der Waals surface area contributed by atoms with Crippen molar-refractivity contribution in [3.63, 3.8) is 0 Å². The Kier molecular flexibility index (Phi) is 4.56. The number of aliphatic hydroxyl groups excluding tert-OH is 2. The maximum Gasteiger partial charge on any atom is 0.225 e. The van der Waals surface area contributed by atoms with Gasteiger partial charge in [-0.15, -0.1) is 0 Å². The highest BCUT2D eigenvalue weighted by atomic mass is 16.3. The van der Waals surface area contributed by atoms with E-state index in [-0.39, 0.29) is 18.2 Å². The lowest BCUT2D eigenvalue weighted by Gasteiger charge is -2.34. The van der Waals surface area contributed by atoms with Gasteiger partial charge in [-0.05, 0) is 17.9 Å². The average molecular weight is 263 g/mol. The van der Waals surface area contributed by atoms with Crippen LogP contribution < -0.4 is 0 Å². The van der Waals surface area contributed by atoms with Crippen LogP contribution in [0.2, 0.25) is 0 Å². The van der Waals surface area contributed by atoms with Gasteiger partial charge in [0.05, 0.1) is 18.6 Å². The lowest BCUT2D eigenvalue weighted by molar-refractivity contribution is -0.137. The molecule has 1 fully saturated rings. The van der Waals surface area contributed by atoms with Crippen molar-refractivity contribution in [2.45, 2.75) is 32.0 Å². The zero-order valence-corrected chi connectivity index (χ0v) is 11.2. The zero-order valence-electron chi connectivity index (χ0n) is 11.2. The molecule has 0 aliphatic carbocycles. The smallest absolute Gasteiger partial charge is 0.225 e. The van der Waals surface area contributed by atoms with Gasteiger partial charge in [0, 0.05) is 13.1 Å². The first kappa shape index (κ1) is 14.0. The molecule has 1 aliphatic heterocycles. The van der Waals surface area contributed by atoms with Gasteiger partial charge in [-0.2, -0.15) is 0 Å². The van der Waals surface area contributed by atoms with Crippen LogP contribution in [0.3, 0.4) is 0 Å². The molecule has 4 heteroatoms. The highest BCUT2D eigenvalue weighted by Crippen LogP contribution is 2.21. The molecule has 3 unspecified atom stereocenters. The third-order valence-corrected chi connectivity index (χ3v) is 3.82. The second kappa shape index (κ2) is 6.17. The second-order valence-electron chi connectivity index (χ2n) is 5.30. The van der Waals surface area contributed by atoms with E-state index in [9.17, 15) is 15.0 Å². The van der Waals surface area contributed by atoms with Crippen LogP contribution in [0.25, 0.3) is 0 Å². The Hall–Kier alpha value is -1.39. The maximum atomic E-state index is 12.1. The number of benzene rings is 1. The quantitative estimate of drug-likeness (QED) is 0.865. The van der Waals surface area contributed by atoms with Gasteiger partial charge in [0.15, 0.2) is 0 Å². The normalized spacial score (nSPS) is 25.1. The van der Waals surface area contributed by atoms with E-state index in [0.717, 1.165) is 12.0 Å². The number of hydrogen-bond donors (Lipinski definition) is 2. The second-order valence-corrected chi connectivity index (χ2v) is 5.30. The Labute approximate surface area is 113 Å². The predicted octanol–water partition coefficient (Wildman–Crippen LogP) is 1.34. The van der Waals surface area contributed by atoms with Gasteiger partial charge in [-0.3, -0.25) is 4.79 Å². The summed E-state index contributed by atoms with van der Waals surface area (Å²) >= 11 is 0. The summed E-state index contributed by atoms with van der Waals surface area (Å²) in [4.78, 5) is 13.7. The number of likely N-dealkylation sites (tertiary alicyclic amines) is 1. The summed E-state index contributed by atoms with van der Waals surface area (Å²) in [5.41, 5.74) is 0.752. The van der Waals surface area contributed by atoms with Crippen molar-refractivity contribution in [1.29, 1.82) is 0 Å². The van der Waals surface area contributed by atoms with E-state index >= 15 is 0 Å². The third-order valence-electron chi connectivity index (χ3n) is 3.82. The molecule has 0 aromatic heterocycles. The molecule has 2 N–H and O–H groups in total. The van der Waals surface area contributed by atoms with Gasteiger partial charge in [-0.1, -0.05) is 37.3 Å². The van der Waals surface area contributed by atoms with Crippen LogP contribution in [0.15, 0.2) is 30.3 Å². The lowest BCUT2D eigenvalue weighted by atomic mass is 9.95. The number of amides is 1. The maximum absolute atomic E-state index is 12.1. The van der Waals surface area contributed by atoms with Gasteiger partial charge in [-0.25, -0.2) is 0 Å². The first-order valence-corrected chi connectivity index (χ1v) is 6.76. The van der Waals surface area contributed by atoms with Crippen LogP contribution in [-0.2, 0) is 4.79 Å². The third kappa shape index (κ3) is 3.55. The fraction of sp³-hybridized carbons (Fsp3) is 0.533. The molecule has 1 aromatic rings. The number of aliphatic hydroxyl groups is 2. The van der Waals surface area contributed by atoms with Crippen molar-refractivity contribution in [3.8, 4) is 0 Å². The molecule has 1 heterocycles. The van der Waals surface area contributed by atoms with Crippen LogP contribution in [-0.4, -0.2) is 40.2 Å². The molecule has 2 rings (SSSR count). The van der Waals surface area contributed by atoms with Crippen molar-refractivity contribution in [3.05, 3.63) is 35.9 Å². The largest absolute Gasteiger partial charge is 0.391 e. The molecule has 0 radical (unpaired) electrons. The minimum absolute atomic E-state index is 0.0745. The van der Waals surface area contributed by atoms with E-state index in [1.54, 1.807) is 4.90 Å². The fourth-order valence-corrected chi connectivity index (χ4v) is 2.36. The molecule has 0 saturated carbocycles. The highest BCUT2D eigenvalue weighted by molar-refractivity contribution is 5.77. The van der Waals surface area contributed by atoms with Gasteiger partial charge in [0.2, 0.25) is 5.91 Å². The molecule has 19 heavy (non-hydrogen) atoms. The topological polar surface area (TPSA) is 60.8 Å². The fourth-order valence-electron chi connectivity index (χ4n) is 2.36. The Morgan fingerprint density at radius 3 is 2.74 bits per heavy atom. The summed E-state index contributed by atoms with van der Waals surface area (Å²) in [6.45, 7) is 3.03. The molecule has 1 aliphatic rings. The van der Waals surface area contributed by atoms with Crippen LogP contribution in [0.5, 0.6) is 0 Å². The monoisotopic (exact) mass is 263 g/mol. The van der Waals surface area contributed by atoms with E-state index < -0.39 is 12.2 Å². The summed E-state index contributed by atoms with van der Waals surface area (Å²) < 4.78 is 0. The molecule has 3 atom stereocenters. The summed E-state index contributed by atoms with van der Waals surface area (Å²) in [6.07, 6.45) is -0.337. The van der Waals surface area contributed by atoms with Crippen LogP contribution in [0.1, 0.15) is 31.4 Å². The number of β-amino-alcohol motifs (C(OH)–C–C–N with tert-alkyl or cyclic N) is 1. The predicted molar refractivity (Wildman–Crippen MR) is 72.4 cm³/mol. The Morgan fingerprint density at radius 2 is 2.11 bits per heavy atom. The van der Waals surface area contributed by atoms with Crippen molar-refractivity contribution in [2.75, 3.05) is 13.1 Å². The van der Waals surface area contributed by atoms with Crippen molar-refractivity contribution < 1.29 is 15.0 Å². The number of rotatable bonds is 3. The molecule has 1 amide bonds. The standard InChI is InChI=1S/C15H21NO3/c1-11-7-8-16(10-14(11)18)15(19)9-13(17)12-5-3-2-4-6-12/h2-6,11,13-14,17-18H,7-10H2,1H3. The SMILES string of the molecule is CC1CCN(C(=O)CC(O)c2ccccc2)CC1O. The van der Waals surface area contributed by atoms with E-state index in [1.807, 2.05) is 37.3 Å². The Bertz CT molecular complexity index is 421. The van der Waals surface area contributed by atoms with Crippen molar-refractivity contribution >= 4 is 5.91 Å². The summed E-state index contributed by atoms with van der Waals surface area (Å²) in [5, 5.41) is 19.8. The lowest BCUT2D eigenvalue weighted by Crippen LogP contribution is -2.46. The Morgan fingerprint density at radius 1 is 1.42 bits per heavy atom. The molecule has 1 aromatic carbocycles. The number of carbonyl (C=O) groups is 1. The van der Waals surface area contributed by atoms with E-state index in [1.165, 1.54) is 0 Å². The zero-order chi connectivity index (χ0) is 13.8. The summed E-state index contributed by atoms with van der Waals surface area (Å²) in [5.74, 6) is 0.144. The molecular weight excluding hydrogens is 242 g/mol. The van der Waals surface area contributed by atoms with Crippen LogP contribution in [0, 0.1) is 5.92 Å². The number of nitrogens with zero attached hydrogens (tertiary/aromatic N) is 1.